The molecular weight excluding hydrogens is 392 g/mol. The lowest BCUT2D eigenvalue weighted by molar-refractivity contribution is -0.115. The lowest BCUT2D eigenvalue weighted by atomic mass is 10.2. The molecule has 0 saturated carbocycles. The highest BCUT2D eigenvalue weighted by molar-refractivity contribution is 7.13. The van der Waals surface area contributed by atoms with Crippen LogP contribution in [0.1, 0.15) is 5.69 Å². The summed E-state index contributed by atoms with van der Waals surface area (Å²) in [6.45, 7) is 0. The Balaban J connectivity index is 1.71. The Morgan fingerprint density at radius 3 is 2.38 bits per heavy atom. The molecule has 3 aromatic rings. The van der Waals surface area contributed by atoms with E-state index in [1.165, 1.54) is 11.3 Å². The summed E-state index contributed by atoms with van der Waals surface area (Å²) in [6, 6.07) is 10.8. The highest BCUT2D eigenvalue weighted by Gasteiger charge is 2.13. The van der Waals surface area contributed by atoms with Crippen LogP contribution in [0.15, 0.2) is 41.8 Å². The van der Waals surface area contributed by atoms with Crippen LogP contribution in [0.2, 0.25) is 0 Å². The van der Waals surface area contributed by atoms with E-state index >= 15 is 0 Å². The number of amides is 1. The number of aromatic nitrogens is 1. The second-order valence-electron chi connectivity index (χ2n) is 6.00. The topological polar surface area (TPSA) is 78.9 Å². The molecule has 0 radical (unpaired) electrons. The highest BCUT2D eigenvalue weighted by Crippen LogP contribution is 2.34. The highest BCUT2D eigenvalue weighted by atomic mass is 32.1. The van der Waals surface area contributed by atoms with Crippen molar-refractivity contribution in [1.29, 1.82) is 0 Å². The van der Waals surface area contributed by atoms with Crippen molar-refractivity contribution in [2.24, 2.45) is 0 Å². The zero-order chi connectivity index (χ0) is 20.8. The molecular formula is C21H22N2O5S. The van der Waals surface area contributed by atoms with Crippen LogP contribution in [0.5, 0.6) is 23.0 Å². The maximum absolute atomic E-state index is 12.5. The zero-order valence-corrected chi connectivity index (χ0v) is 17.5. The summed E-state index contributed by atoms with van der Waals surface area (Å²) in [4.78, 5) is 17.0. The van der Waals surface area contributed by atoms with Gasteiger partial charge in [-0.05, 0) is 30.3 Å². The third-order valence-corrected chi connectivity index (χ3v) is 5.15. The van der Waals surface area contributed by atoms with Crippen molar-refractivity contribution in [3.8, 4) is 33.6 Å². The van der Waals surface area contributed by atoms with E-state index < -0.39 is 0 Å². The summed E-state index contributed by atoms with van der Waals surface area (Å²) in [5.74, 6) is 2.28. The molecule has 0 aliphatic heterocycles. The van der Waals surface area contributed by atoms with E-state index in [0.29, 0.717) is 34.4 Å². The van der Waals surface area contributed by atoms with Gasteiger partial charge in [0.05, 0.1) is 46.2 Å². The Hall–Kier alpha value is -3.26. The number of anilines is 1. The van der Waals surface area contributed by atoms with Crippen molar-refractivity contribution in [1.82, 2.24) is 4.98 Å². The second kappa shape index (κ2) is 9.29. The first kappa shape index (κ1) is 20.5. The van der Waals surface area contributed by atoms with Gasteiger partial charge in [0.25, 0.3) is 0 Å². The molecule has 2 aromatic carbocycles. The van der Waals surface area contributed by atoms with Gasteiger partial charge < -0.3 is 24.3 Å². The molecule has 152 valence electrons. The van der Waals surface area contributed by atoms with Crippen molar-refractivity contribution in [2.45, 2.75) is 6.42 Å². The fourth-order valence-corrected chi connectivity index (χ4v) is 3.57. The Labute approximate surface area is 173 Å². The van der Waals surface area contributed by atoms with Crippen LogP contribution in [0.4, 0.5) is 5.69 Å². The molecule has 0 unspecified atom stereocenters. The SMILES string of the molecule is COc1ccc(NC(=O)Cc2csc(-c3ccc(OC)c(OC)c3)n2)c(OC)c1. The van der Waals surface area contributed by atoms with E-state index in [4.69, 9.17) is 18.9 Å². The van der Waals surface area contributed by atoms with Crippen molar-refractivity contribution < 1.29 is 23.7 Å². The van der Waals surface area contributed by atoms with Gasteiger partial charge in [0.1, 0.15) is 16.5 Å². The standard InChI is InChI=1S/C21H22N2O5S/c1-25-15-6-7-16(18(11-15)27-3)23-20(24)10-14-12-29-21(22-14)13-5-8-17(26-2)19(9-13)28-4/h5-9,11-12H,10H2,1-4H3,(H,23,24). The second-order valence-corrected chi connectivity index (χ2v) is 6.86. The molecule has 1 aromatic heterocycles. The number of hydrogen-bond donors (Lipinski definition) is 1. The zero-order valence-electron chi connectivity index (χ0n) is 16.6. The monoisotopic (exact) mass is 414 g/mol. The first-order chi connectivity index (χ1) is 14.1. The summed E-state index contributed by atoms with van der Waals surface area (Å²) in [7, 11) is 6.30. The Bertz CT molecular complexity index is 1000. The van der Waals surface area contributed by atoms with Gasteiger partial charge in [-0.3, -0.25) is 4.79 Å². The minimum absolute atomic E-state index is 0.152. The number of hydrogen-bond acceptors (Lipinski definition) is 7. The summed E-state index contributed by atoms with van der Waals surface area (Å²) in [5, 5.41) is 5.53. The lowest BCUT2D eigenvalue weighted by Crippen LogP contribution is -2.15. The average molecular weight is 414 g/mol. The van der Waals surface area contributed by atoms with Gasteiger partial charge in [0.15, 0.2) is 11.5 Å². The maximum Gasteiger partial charge on any atom is 0.230 e. The molecule has 0 fully saturated rings. The van der Waals surface area contributed by atoms with E-state index in [1.54, 1.807) is 46.6 Å². The number of nitrogens with one attached hydrogen (secondary N) is 1. The summed E-state index contributed by atoms with van der Waals surface area (Å²) >= 11 is 1.47. The Morgan fingerprint density at radius 1 is 0.931 bits per heavy atom. The number of benzene rings is 2. The molecule has 7 nitrogen and oxygen atoms in total. The van der Waals surface area contributed by atoms with E-state index in [1.807, 2.05) is 23.6 Å². The molecule has 29 heavy (non-hydrogen) atoms. The molecule has 1 amide bonds. The molecule has 1 N–H and O–H groups in total. The predicted molar refractivity (Wildman–Crippen MR) is 113 cm³/mol. The van der Waals surface area contributed by atoms with Crippen LogP contribution in [-0.2, 0) is 11.2 Å². The van der Waals surface area contributed by atoms with Gasteiger partial charge in [-0.1, -0.05) is 0 Å². The molecule has 0 bridgehead atoms. The quantitative estimate of drug-likeness (QED) is 0.600. The molecule has 0 aliphatic carbocycles. The summed E-state index contributed by atoms with van der Waals surface area (Å²) in [6.07, 6.45) is 0.152. The van der Waals surface area contributed by atoms with Crippen LogP contribution in [0.25, 0.3) is 10.6 Å². The average Bonchev–Trinajstić information content (AvgIpc) is 3.21. The van der Waals surface area contributed by atoms with Crippen LogP contribution in [0, 0.1) is 0 Å². The molecule has 0 saturated heterocycles. The first-order valence-corrected chi connectivity index (χ1v) is 9.64. The summed E-state index contributed by atoms with van der Waals surface area (Å²) in [5.41, 5.74) is 2.16. The Kier molecular flexibility index (Phi) is 6.56. The first-order valence-electron chi connectivity index (χ1n) is 8.76. The molecule has 1 heterocycles. The van der Waals surface area contributed by atoms with Gasteiger partial charge in [0, 0.05) is 17.0 Å². The maximum atomic E-state index is 12.5. The van der Waals surface area contributed by atoms with E-state index in [-0.39, 0.29) is 12.3 Å². The Morgan fingerprint density at radius 2 is 1.69 bits per heavy atom. The molecule has 0 aliphatic rings. The van der Waals surface area contributed by atoms with Crippen molar-refractivity contribution in [3.63, 3.8) is 0 Å². The molecule has 0 spiro atoms. The molecule has 8 heteroatoms. The number of methoxy groups -OCH3 is 4. The lowest BCUT2D eigenvalue weighted by Gasteiger charge is -2.11. The molecule has 0 atom stereocenters. The number of carbonyl (C=O) groups excluding carboxylic acids is 1. The minimum Gasteiger partial charge on any atom is -0.497 e. The van der Waals surface area contributed by atoms with E-state index in [2.05, 4.69) is 10.3 Å². The number of thiazole rings is 1. The smallest absolute Gasteiger partial charge is 0.230 e. The van der Waals surface area contributed by atoms with Gasteiger partial charge in [-0.2, -0.15) is 0 Å². The number of rotatable bonds is 8. The van der Waals surface area contributed by atoms with Gasteiger partial charge >= 0.3 is 0 Å². The van der Waals surface area contributed by atoms with Gasteiger partial charge in [0.2, 0.25) is 5.91 Å². The van der Waals surface area contributed by atoms with Crippen molar-refractivity contribution in [2.75, 3.05) is 33.8 Å². The molecule has 3 rings (SSSR count). The van der Waals surface area contributed by atoms with Crippen molar-refractivity contribution in [3.05, 3.63) is 47.5 Å². The van der Waals surface area contributed by atoms with Crippen LogP contribution >= 0.6 is 11.3 Å². The van der Waals surface area contributed by atoms with Crippen LogP contribution in [-0.4, -0.2) is 39.3 Å². The van der Waals surface area contributed by atoms with Gasteiger partial charge in [-0.15, -0.1) is 11.3 Å². The third kappa shape index (κ3) is 4.78. The third-order valence-electron chi connectivity index (χ3n) is 4.21. The van der Waals surface area contributed by atoms with Gasteiger partial charge in [-0.25, -0.2) is 4.98 Å². The number of nitrogens with zero attached hydrogens (tertiary/aromatic N) is 1. The predicted octanol–water partition coefficient (Wildman–Crippen LogP) is 4.03. The summed E-state index contributed by atoms with van der Waals surface area (Å²) < 4.78 is 21.1. The fraction of sp³-hybridized carbons (Fsp3) is 0.238. The number of carbonyl (C=O) groups is 1. The normalized spacial score (nSPS) is 10.3. The fourth-order valence-electron chi connectivity index (χ4n) is 2.75. The van der Waals surface area contributed by atoms with Crippen LogP contribution < -0.4 is 24.3 Å². The van der Waals surface area contributed by atoms with Crippen LogP contribution in [0.3, 0.4) is 0 Å². The van der Waals surface area contributed by atoms with E-state index in [0.717, 1.165) is 10.6 Å². The van der Waals surface area contributed by atoms with E-state index in [9.17, 15) is 4.79 Å². The van der Waals surface area contributed by atoms with Crippen molar-refractivity contribution >= 4 is 22.9 Å². The minimum atomic E-state index is -0.183. The number of ether oxygens (including phenoxy) is 4. The largest absolute Gasteiger partial charge is 0.497 e.